The fourth-order valence-corrected chi connectivity index (χ4v) is 4.01. The van der Waals surface area contributed by atoms with Crippen LogP contribution >= 0.6 is 0 Å². The number of sulfonamides is 1. The van der Waals surface area contributed by atoms with Crippen molar-refractivity contribution in [3.05, 3.63) is 101 Å². The molecule has 0 spiro atoms. The summed E-state index contributed by atoms with van der Waals surface area (Å²) in [5, 5.41) is 0. The number of hydrogen-bond donors (Lipinski definition) is 1. The topological polar surface area (TPSA) is 46.2 Å². The van der Waals surface area contributed by atoms with Gasteiger partial charge in [-0.15, -0.1) is 0 Å². The molecule has 0 saturated heterocycles. The van der Waals surface area contributed by atoms with E-state index in [1.807, 2.05) is 68.4 Å². The second-order valence-corrected chi connectivity index (χ2v) is 7.85. The van der Waals surface area contributed by atoms with E-state index in [0.29, 0.717) is 0 Å². The lowest BCUT2D eigenvalue weighted by atomic mass is 9.96. The minimum absolute atomic E-state index is 0.271. The van der Waals surface area contributed by atoms with E-state index in [4.69, 9.17) is 0 Å². The van der Waals surface area contributed by atoms with Crippen LogP contribution in [-0.4, -0.2) is 8.42 Å². The summed E-state index contributed by atoms with van der Waals surface area (Å²) in [6, 6.07) is 23.9. The first kappa shape index (κ1) is 17.4. The van der Waals surface area contributed by atoms with Crippen molar-refractivity contribution in [2.75, 3.05) is 0 Å². The van der Waals surface area contributed by atoms with Crippen LogP contribution in [0.4, 0.5) is 0 Å². The molecule has 1 N–H and O–H groups in total. The molecule has 1 atom stereocenters. The molecule has 4 heteroatoms. The number of aryl methyl sites for hydroxylation is 2. The molecular weight excluding hydrogens is 330 g/mol. The fraction of sp³-hybridized carbons (Fsp3) is 0.143. The van der Waals surface area contributed by atoms with Gasteiger partial charge in [-0.05, 0) is 42.7 Å². The number of benzene rings is 3. The average Bonchev–Trinajstić information content (AvgIpc) is 2.61. The van der Waals surface area contributed by atoms with Gasteiger partial charge in [-0.3, -0.25) is 0 Å². The molecule has 3 nitrogen and oxygen atoms in total. The van der Waals surface area contributed by atoms with Crippen molar-refractivity contribution in [1.29, 1.82) is 0 Å². The van der Waals surface area contributed by atoms with E-state index in [0.717, 1.165) is 22.3 Å². The summed E-state index contributed by atoms with van der Waals surface area (Å²) in [4.78, 5) is 0.271. The minimum Gasteiger partial charge on any atom is -0.207 e. The molecule has 1 unspecified atom stereocenters. The summed E-state index contributed by atoms with van der Waals surface area (Å²) >= 11 is 0. The first-order valence-electron chi connectivity index (χ1n) is 8.17. The smallest absolute Gasteiger partial charge is 0.207 e. The molecule has 3 aromatic rings. The Hall–Kier alpha value is -2.43. The van der Waals surface area contributed by atoms with E-state index in [2.05, 4.69) is 4.72 Å². The number of rotatable bonds is 5. The highest BCUT2D eigenvalue weighted by Crippen LogP contribution is 2.27. The van der Waals surface area contributed by atoms with Crippen LogP contribution in [0, 0.1) is 13.8 Å². The molecule has 0 aliphatic rings. The van der Waals surface area contributed by atoms with Gasteiger partial charge in [-0.25, -0.2) is 8.42 Å². The highest BCUT2D eigenvalue weighted by molar-refractivity contribution is 7.89. The van der Waals surface area contributed by atoms with Crippen LogP contribution in [0.25, 0.3) is 0 Å². The highest BCUT2D eigenvalue weighted by atomic mass is 32.2. The van der Waals surface area contributed by atoms with E-state index < -0.39 is 16.1 Å². The Morgan fingerprint density at radius 1 is 0.760 bits per heavy atom. The van der Waals surface area contributed by atoms with Crippen molar-refractivity contribution in [3.8, 4) is 0 Å². The third kappa shape index (κ3) is 3.98. The molecule has 0 radical (unpaired) electrons. The van der Waals surface area contributed by atoms with Gasteiger partial charge in [0.2, 0.25) is 10.0 Å². The molecule has 0 aliphatic carbocycles. The van der Waals surface area contributed by atoms with Crippen LogP contribution in [0.2, 0.25) is 0 Å². The van der Waals surface area contributed by atoms with E-state index in [9.17, 15) is 8.42 Å². The predicted molar refractivity (Wildman–Crippen MR) is 101 cm³/mol. The first-order chi connectivity index (χ1) is 12.0. The number of nitrogens with one attached hydrogen (secondary N) is 1. The summed E-state index contributed by atoms with van der Waals surface area (Å²) in [6.45, 7) is 3.93. The zero-order valence-corrected chi connectivity index (χ0v) is 15.1. The van der Waals surface area contributed by atoms with Gasteiger partial charge in [0.1, 0.15) is 0 Å². The monoisotopic (exact) mass is 351 g/mol. The van der Waals surface area contributed by atoms with Crippen molar-refractivity contribution in [1.82, 2.24) is 4.72 Å². The molecule has 0 amide bonds. The molecular formula is C21H21NO2S. The van der Waals surface area contributed by atoms with Crippen molar-refractivity contribution in [2.45, 2.75) is 24.8 Å². The Morgan fingerprint density at radius 3 is 2.00 bits per heavy atom. The molecule has 0 saturated carbocycles. The molecule has 3 aromatic carbocycles. The Morgan fingerprint density at radius 2 is 1.36 bits per heavy atom. The Balaban J connectivity index is 2.04. The lowest BCUT2D eigenvalue weighted by Crippen LogP contribution is -2.30. The van der Waals surface area contributed by atoms with E-state index in [1.165, 1.54) is 0 Å². The molecule has 0 aliphatic heterocycles. The molecule has 3 rings (SSSR count). The molecule has 128 valence electrons. The SMILES string of the molecule is Cc1ccc(S(=O)(=O)NC(c2ccccc2)c2ccccc2C)cc1. The van der Waals surface area contributed by atoms with E-state index in [1.54, 1.807) is 24.3 Å². The quantitative estimate of drug-likeness (QED) is 0.742. The average molecular weight is 351 g/mol. The van der Waals surface area contributed by atoms with Crippen LogP contribution in [0.3, 0.4) is 0 Å². The maximum atomic E-state index is 12.9. The second kappa shape index (κ2) is 7.21. The van der Waals surface area contributed by atoms with Crippen molar-refractivity contribution in [3.63, 3.8) is 0 Å². The van der Waals surface area contributed by atoms with Crippen LogP contribution in [0.5, 0.6) is 0 Å². The maximum absolute atomic E-state index is 12.9. The van der Waals surface area contributed by atoms with Gasteiger partial charge >= 0.3 is 0 Å². The standard InChI is InChI=1S/C21H21NO2S/c1-16-12-14-19(15-13-16)25(23,24)22-21(18-9-4-3-5-10-18)20-11-7-6-8-17(20)2/h3-15,21-22H,1-2H3. The van der Waals surface area contributed by atoms with Crippen LogP contribution in [0.1, 0.15) is 28.3 Å². The maximum Gasteiger partial charge on any atom is 0.241 e. The zero-order chi connectivity index (χ0) is 17.9. The van der Waals surface area contributed by atoms with E-state index in [-0.39, 0.29) is 4.90 Å². The zero-order valence-electron chi connectivity index (χ0n) is 14.3. The third-order valence-electron chi connectivity index (χ3n) is 4.24. The largest absolute Gasteiger partial charge is 0.241 e. The molecule has 0 heterocycles. The van der Waals surface area contributed by atoms with Crippen molar-refractivity contribution in [2.24, 2.45) is 0 Å². The molecule has 0 aromatic heterocycles. The second-order valence-electron chi connectivity index (χ2n) is 6.13. The summed E-state index contributed by atoms with van der Waals surface area (Å²) in [5.74, 6) is 0. The van der Waals surface area contributed by atoms with Gasteiger partial charge in [0.05, 0.1) is 10.9 Å². The summed E-state index contributed by atoms with van der Waals surface area (Å²) in [7, 11) is -3.64. The Kier molecular flexibility index (Phi) is 5.02. The number of hydrogen-bond acceptors (Lipinski definition) is 2. The third-order valence-corrected chi connectivity index (χ3v) is 5.68. The lowest BCUT2D eigenvalue weighted by Gasteiger charge is -2.21. The van der Waals surface area contributed by atoms with Gasteiger partial charge < -0.3 is 0 Å². The summed E-state index contributed by atoms with van der Waals surface area (Å²) < 4.78 is 28.7. The van der Waals surface area contributed by atoms with Gasteiger partial charge in [0.25, 0.3) is 0 Å². The van der Waals surface area contributed by atoms with Gasteiger partial charge in [-0.2, -0.15) is 4.72 Å². The van der Waals surface area contributed by atoms with Crippen LogP contribution in [-0.2, 0) is 10.0 Å². The lowest BCUT2D eigenvalue weighted by molar-refractivity contribution is 0.572. The summed E-state index contributed by atoms with van der Waals surface area (Å²) in [6.07, 6.45) is 0. The molecule has 25 heavy (non-hydrogen) atoms. The molecule has 0 fully saturated rings. The first-order valence-corrected chi connectivity index (χ1v) is 9.65. The molecule has 0 bridgehead atoms. The van der Waals surface area contributed by atoms with Crippen molar-refractivity contribution >= 4 is 10.0 Å². The van der Waals surface area contributed by atoms with Gasteiger partial charge in [0, 0.05) is 0 Å². The Bertz CT molecular complexity index is 949. The van der Waals surface area contributed by atoms with E-state index >= 15 is 0 Å². The summed E-state index contributed by atoms with van der Waals surface area (Å²) in [5.41, 5.74) is 3.93. The Labute approximate surface area is 149 Å². The predicted octanol–water partition coefficient (Wildman–Crippen LogP) is 4.37. The van der Waals surface area contributed by atoms with Crippen molar-refractivity contribution < 1.29 is 8.42 Å². The van der Waals surface area contributed by atoms with Gasteiger partial charge in [-0.1, -0.05) is 72.3 Å². The fourth-order valence-electron chi connectivity index (χ4n) is 2.81. The normalized spacial score (nSPS) is 12.7. The minimum atomic E-state index is -3.64. The van der Waals surface area contributed by atoms with Crippen LogP contribution in [0.15, 0.2) is 83.8 Å². The highest BCUT2D eigenvalue weighted by Gasteiger charge is 2.23. The van der Waals surface area contributed by atoms with Gasteiger partial charge in [0.15, 0.2) is 0 Å². The van der Waals surface area contributed by atoms with Crippen LogP contribution < -0.4 is 4.72 Å².